The highest BCUT2D eigenvalue weighted by atomic mass is 32.1. The normalized spacial score (nSPS) is 23.5. The highest BCUT2D eigenvalue weighted by molar-refractivity contribution is 7.13. The van der Waals surface area contributed by atoms with Crippen molar-refractivity contribution in [3.63, 3.8) is 0 Å². The van der Waals surface area contributed by atoms with E-state index < -0.39 is 0 Å². The lowest BCUT2D eigenvalue weighted by Gasteiger charge is -2.37. The summed E-state index contributed by atoms with van der Waals surface area (Å²) in [6, 6.07) is 3.76. The van der Waals surface area contributed by atoms with Crippen LogP contribution in [-0.4, -0.2) is 70.9 Å². The Bertz CT molecular complexity index is 797. The molecule has 0 aromatic carbocycles. The van der Waals surface area contributed by atoms with E-state index in [-0.39, 0.29) is 5.91 Å². The molecule has 1 N–H and O–H groups in total. The van der Waals surface area contributed by atoms with E-state index in [1.807, 2.05) is 12.1 Å². The minimum absolute atomic E-state index is 0.212. The molecular formula is C21H30N6O2S. The van der Waals surface area contributed by atoms with Gasteiger partial charge in [0.2, 0.25) is 5.13 Å². The minimum atomic E-state index is -0.212. The van der Waals surface area contributed by atoms with E-state index in [1.54, 1.807) is 11.7 Å². The molecule has 2 aromatic heterocycles. The molecule has 0 bridgehead atoms. The van der Waals surface area contributed by atoms with E-state index in [4.69, 9.17) is 4.74 Å². The Morgan fingerprint density at radius 2 is 2.00 bits per heavy atom. The fraction of sp³-hybridized carbons (Fsp3) is 0.619. The van der Waals surface area contributed by atoms with Gasteiger partial charge in [-0.1, -0.05) is 11.3 Å². The molecule has 9 heteroatoms. The zero-order valence-electron chi connectivity index (χ0n) is 17.7. The second kappa shape index (κ2) is 9.80. The fourth-order valence-corrected chi connectivity index (χ4v) is 4.83. The topological polar surface area (TPSA) is 83.5 Å². The molecule has 2 atom stereocenters. The Morgan fingerprint density at radius 1 is 1.23 bits per heavy atom. The van der Waals surface area contributed by atoms with Crippen molar-refractivity contribution in [2.24, 2.45) is 5.92 Å². The Morgan fingerprint density at radius 3 is 2.63 bits per heavy atom. The highest BCUT2D eigenvalue weighted by Gasteiger charge is 2.25. The third-order valence-electron chi connectivity index (χ3n) is 5.88. The van der Waals surface area contributed by atoms with E-state index in [9.17, 15) is 4.79 Å². The summed E-state index contributed by atoms with van der Waals surface area (Å²) in [5.74, 6) is 1.50. The number of carbonyl (C=O) groups excluding carboxylic acids is 1. The molecule has 2 unspecified atom stereocenters. The van der Waals surface area contributed by atoms with Crippen LogP contribution in [0.3, 0.4) is 0 Å². The van der Waals surface area contributed by atoms with Gasteiger partial charge in [-0.15, -0.1) is 10.2 Å². The van der Waals surface area contributed by atoms with Gasteiger partial charge in [0, 0.05) is 32.4 Å². The quantitative estimate of drug-likeness (QED) is 0.754. The molecule has 0 spiro atoms. The van der Waals surface area contributed by atoms with Crippen molar-refractivity contribution in [3.05, 3.63) is 29.4 Å². The van der Waals surface area contributed by atoms with Crippen LogP contribution in [0.4, 0.5) is 10.9 Å². The number of ether oxygens (including phenoxy) is 1. The van der Waals surface area contributed by atoms with Crippen LogP contribution >= 0.6 is 11.3 Å². The van der Waals surface area contributed by atoms with Crippen molar-refractivity contribution >= 4 is 28.2 Å². The predicted molar refractivity (Wildman–Crippen MR) is 118 cm³/mol. The number of hydrogen-bond donors (Lipinski definition) is 1. The molecule has 162 valence electrons. The number of hydrogen-bond acceptors (Lipinski definition) is 8. The molecule has 30 heavy (non-hydrogen) atoms. The first-order valence-electron chi connectivity index (χ1n) is 10.7. The van der Waals surface area contributed by atoms with Crippen molar-refractivity contribution in [1.29, 1.82) is 0 Å². The van der Waals surface area contributed by atoms with Gasteiger partial charge in [0.25, 0.3) is 5.91 Å². The van der Waals surface area contributed by atoms with Crippen LogP contribution in [0.15, 0.2) is 23.8 Å². The summed E-state index contributed by atoms with van der Waals surface area (Å²) >= 11 is 1.29. The number of anilines is 2. The SMILES string of the molecule is CC1CN(CCC2CCN(c3ccc(C(=O)Nc4nncs4)cn3)CC2)CC(C)O1. The standard InChI is InChI=1S/C21H30N6O2S/c1-15-12-26(13-16(2)29-15)8-5-17-6-9-27(10-7-17)19-4-3-18(11-22-19)20(28)24-21-25-23-14-30-21/h3-4,11,14-17H,5-10,12-13H2,1-2H3,(H,24,25,28). The number of carbonyl (C=O) groups is 1. The summed E-state index contributed by atoms with van der Waals surface area (Å²) in [4.78, 5) is 21.6. The van der Waals surface area contributed by atoms with Crippen LogP contribution < -0.4 is 10.2 Å². The van der Waals surface area contributed by atoms with E-state index in [0.717, 1.165) is 37.9 Å². The molecule has 1 amide bonds. The van der Waals surface area contributed by atoms with Crippen molar-refractivity contribution in [2.75, 3.05) is 42.9 Å². The lowest BCUT2D eigenvalue weighted by atomic mass is 9.93. The molecule has 2 aromatic rings. The van der Waals surface area contributed by atoms with Gasteiger partial charge in [0.15, 0.2) is 0 Å². The summed E-state index contributed by atoms with van der Waals surface area (Å²) in [7, 11) is 0. The summed E-state index contributed by atoms with van der Waals surface area (Å²) in [5, 5.41) is 10.8. The average molecular weight is 431 g/mol. The number of amides is 1. The molecular weight excluding hydrogens is 400 g/mol. The van der Waals surface area contributed by atoms with Crippen molar-refractivity contribution in [2.45, 2.75) is 45.3 Å². The van der Waals surface area contributed by atoms with Crippen LogP contribution in [0.25, 0.3) is 0 Å². The maximum absolute atomic E-state index is 12.2. The van der Waals surface area contributed by atoms with Crippen molar-refractivity contribution in [3.8, 4) is 0 Å². The molecule has 0 saturated carbocycles. The highest BCUT2D eigenvalue weighted by Crippen LogP contribution is 2.25. The van der Waals surface area contributed by atoms with Crippen molar-refractivity contribution < 1.29 is 9.53 Å². The molecule has 2 aliphatic heterocycles. The van der Waals surface area contributed by atoms with Gasteiger partial charge < -0.3 is 9.64 Å². The second-order valence-corrected chi connectivity index (χ2v) is 9.17. The monoisotopic (exact) mass is 430 g/mol. The van der Waals surface area contributed by atoms with Gasteiger partial charge in [-0.25, -0.2) is 4.98 Å². The summed E-state index contributed by atoms with van der Waals surface area (Å²) < 4.78 is 5.83. The molecule has 4 heterocycles. The average Bonchev–Trinajstić information content (AvgIpc) is 3.25. The minimum Gasteiger partial charge on any atom is -0.373 e. The van der Waals surface area contributed by atoms with Crippen LogP contribution in [0.2, 0.25) is 0 Å². The van der Waals surface area contributed by atoms with Gasteiger partial charge in [-0.05, 0) is 57.7 Å². The largest absolute Gasteiger partial charge is 0.373 e. The number of pyridine rings is 1. The van der Waals surface area contributed by atoms with Gasteiger partial charge in [0.1, 0.15) is 11.3 Å². The lowest BCUT2D eigenvalue weighted by Crippen LogP contribution is -2.46. The Labute approximate surface area is 181 Å². The van der Waals surface area contributed by atoms with E-state index in [0.29, 0.717) is 22.9 Å². The number of morpholine rings is 1. The van der Waals surface area contributed by atoms with Gasteiger partial charge >= 0.3 is 0 Å². The van der Waals surface area contributed by atoms with Crippen molar-refractivity contribution in [1.82, 2.24) is 20.1 Å². The van der Waals surface area contributed by atoms with E-state index >= 15 is 0 Å². The Balaban J connectivity index is 1.22. The van der Waals surface area contributed by atoms with E-state index in [1.165, 1.54) is 37.1 Å². The second-order valence-electron chi connectivity index (χ2n) is 8.34. The summed E-state index contributed by atoms with van der Waals surface area (Å²) in [6.07, 6.45) is 5.95. The Hall–Kier alpha value is -2.10. The molecule has 8 nitrogen and oxygen atoms in total. The zero-order valence-corrected chi connectivity index (χ0v) is 18.5. The zero-order chi connectivity index (χ0) is 20.9. The third-order valence-corrected chi connectivity index (χ3v) is 6.48. The molecule has 0 aliphatic carbocycles. The van der Waals surface area contributed by atoms with Crippen LogP contribution in [-0.2, 0) is 4.74 Å². The fourth-order valence-electron chi connectivity index (χ4n) is 4.39. The molecule has 2 fully saturated rings. The summed E-state index contributed by atoms with van der Waals surface area (Å²) in [6.45, 7) is 9.63. The first-order valence-corrected chi connectivity index (χ1v) is 11.6. The molecule has 2 saturated heterocycles. The molecule has 2 aliphatic rings. The predicted octanol–water partition coefficient (Wildman–Crippen LogP) is 2.90. The first kappa shape index (κ1) is 21.1. The molecule has 0 radical (unpaired) electrons. The summed E-state index contributed by atoms with van der Waals surface area (Å²) in [5.41, 5.74) is 2.11. The maximum atomic E-state index is 12.2. The number of nitrogens with one attached hydrogen (secondary N) is 1. The number of rotatable bonds is 6. The number of aromatic nitrogens is 3. The number of piperidine rings is 1. The van der Waals surface area contributed by atoms with Crippen LogP contribution in [0.5, 0.6) is 0 Å². The van der Waals surface area contributed by atoms with Gasteiger partial charge in [0.05, 0.1) is 17.8 Å². The smallest absolute Gasteiger partial charge is 0.259 e. The number of nitrogens with zero attached hydrogens (tertiary/aromatic N) is 5. The van der Waals surface area contributed by atoms with E-state index in [2.05, 4.69) is 44.1 Å². The molecule has 4 rings (SSSR count). The lowest BCUT2D eigenvalue weighted by molar-refractivity contribution is -0.0690. The third kappa shape index (κ3) is 5.53. The van der Waals surface area contributed by atoms with Crippen LogP contribution in [0, 0.1) is 5.92 Å². The van der Waals surface area contributed by atoms with Gasteiger partial charge in [-0.3, -0.25) is 15.0 Å². The maximum Gasteiger partial charge on any atom is 0.259 e. The Kier molecular flexibility index (Phi) is 6.91. The first-order chi connectivity index (χ1) is 14.6. The van der Waals surface area contributed by atoms with Crippen LogP contribution in [0.1, 0.15) is 43.5 Å². The van der Waals surface area contributed by atoms with Gasteiger partial charge in [-0.2, -0.15) is 0 Å².